The summed E-state index contributed by atoms with van der Waals surface area (Å²) in [4.78, 5) is 11.6. The van der Waals surface area contributed by atoms with Crippen LogP contribution < -0.4 is 0 Å². The molecule has 1 aliphatic carbocycles. The van der Waals surface area contributed by atoms with Crippen LogP contribution in [0.2, 0.25) is 0 Å². The summed E-state index contributed by atoms with van der Waals surface area (Å²) in [5.41, 5.74) is 0. The minimum absolute atomic E-state index is 0.00808. The molecule has 5 heteroatoms. The number of hydrogen-bond acceptors (Lipinski definition) is 3. The zero-order valence-corrected chi connectivity index (χ0v) is 11.2. The first-order valence-electron chi connectivity index (χ1n) is 6.54. The van der Waals surface area contributed by atoms with Crippen LogP contribution in [0.15, 0.2) is 0 Å². The monoisotopic (exact) mass is 259 g/mol. The maximum Gasteiger partial charge on any atom is 0.217 e. The number of ketones is 1. The van der Waals surface area contributed by atoms with E-state index in [4.69, 9.17) is 0 Å². The summed E-state index contributed by atoms with van der Waals surface area (Å²) in [5.74, 6) is -0.00808. The SMILES string of the molecule is CC(=O)C1CCCCN1S(=O)(=O)C1CCCC1. The molecule has 0 aromatic heterocycles. The minimum atomic E-state index is -3.24. The number of nitrogens with zero attached hydrogens (tertiary/aromatic N) is 1. The summed E-state index contributed by atoms with van der Waals surface area (Å²) < 4.78 is 26.4. The second-order valence-electron chi connectivity index (χ2n) is 5.18. The predicted octanol–water partition coefficient (Wildman–Crippen LogP) is 1.70. The Labute approximate surface area is 103 Å². The van der Waals surface area contributed by atoms with Crippen LogP contribution in [0, 0.1) is 0 Å². The van der Waals surface area contributed by atoms with Gasteiger partial charge in [-0.15, -0.1) is 0 Å². The van der Waals surface area contributed by atoms with E-state index in [1.807, 2.05) is 0 Å². The number of hydrogen-bond donors (Lipinski definition) is 0. The van der Waals surface area contributed by atoms with Gasteiger partial charge in [0.15, 0.2) is 0 Å². The highest BCUT2D eigenvalue weighted by Gasteiger charge is 2.40. The van der Waals surface area contributed by atoms with Crippen molar-refractivity contribution in [3.8, 4) is 0 Å². The molecule has 0 aromatic rings. The van der Waals surface area contributed by atoms with Gasteiger partial charge in [-0.3, -0.25) is 4.79 Å². The van der Waals surface area contributed by atoms with E-state index in [2.05, 4.69) is 0 Å². The van der Waals surface area contributed by atoms with E-state index in [1.54, 1.807) is 0 Å². The van der Waals surface area contributed by atoms with E-state index in [9.17, 15) is 13.2 Å². The van der Waals surface area contributed by atoms with Crippen molar-refractivity contribution in [3.63, 3.8) is 0 Å². The van der Waals surface area contributed by atoms with Gasteiger partial charge >= 0.3 is 0 Å². The van der Waals surface area contributed by atoms with Crippen molar-refractivity contribution in [2.75, 3.05) is 6.54 Å². The number of Topliss-reactive ketones (excluding diaryl/α,β-unsaturated/α-hetero) is 1. The topological polar surface area (TPSA) is 54.5 Å². The molecule has 4 nitrogen and oxygen atoms in total. The van der Waals surface area contributed by atoms with Gasteiger partial charge < -0.3 is 0 Å². The van der Waals surface area contributed by atoms with Gasteiger partial charge in [0.2, 0.25) is 10.0 Å². The minimum Gasteiger partial charge on any atom is -0.298 e. The first-order chi connectivity index (χ1) is 8.03. The number of rotatable bonds is 3. The third-order valence-electron chi connectivity index (χ3n) is 3.97. The second kappa shape index (κ2) is 5.06. The van der Waals surface area contributed by atoms with Gasteiger partial charge in [-0.05, 0) is 32.6 Å². The maximum absolute atomic E-state index is 12.5. The summed E-state index contributed by atoms with van der Waals surface area (Å²) >= 11 is 0. The average molecular weight is 259 g/mol. The number of piperidine rings is 1. The normalized spacial score (nSPS) is 28.4. The van der Waals surface area contributed by atoms with Crippen LogP contribution in [0.3, 0.4) is 0 Å². The standard InChI is InChI=1S/C12H21NO3S/c1-10(14)12-8-4-5-9-13(12)17(15,16)11-6-2-3-7-11/h11-12H,2-9H2,1H3. The Kier molecular flexibility index (Phi) is 3.88. The largest absolute Gasteiger partial charge is 0.298 e. The highest BCUT2D eigenvalue weighted by atomic mass is 32.2. The lowest BCUT2D eigenvalue weighted by atomic mass is 10.0. The molecule has 0 spiro atoms. The van der Waals surface area contributed by atoms with Gasteiger partial charge in [0.05, 0.1) is 11.3 Å². The summed E-state index contributed by atoms with van der Waals surface area (Å²) in [7, 11) is -3.24. The lowest BCUT2D eigenvalue weighted by Gasteiger charge is -2.34. The molecule has 1 aliphatic heterocycles. The Hall–Kier alpha value is -0.420. The highest BCUT2D eigenvalue weighted by Crippen LogP contribution is 2.31. The number of sulfonamides is 1. The molecule has 0 amide bonds. The molecule has 2 aliphatic rings. The molecule has 0 bridgehead atoms. The summed E-state index contributed by atoms with van der Waals surface area (Å²) in [5, 5.41) is -0.234. The third-order valence-corrected chi connectivity index (χ3v) is 6.38. The third kappa shape index (κ3) is 2.55. The van der Waals surface area contributed by atoms with Crippen LogP contribution in [-0.4, -0.2) is 36.3 Å². The van der Waals surface area contributed by atoms with E-state index in [1.165, 1.54) is 11.2 Å². The highest BCUT2D eigenvalue weighted by molar-refractivity contribution is 7.89. The number of carbonyl (C=O) groups is 1. The maximum atomic E-state index is 12.5. The van der Waals surface area contributed by atoms with Gasteiger partial charge in [-0.2, -0.15) is 4.31 Å². The van der Waals surface area contributed by atoms with Gasteiger partial charge in [-0.25, -0.2) is 8.42 Å². The van der Waals surface area contributed by atoms with Gasteiger partial charge in [0, 0.05) is 6.54 Å². The molecule has 0 aromatic carbocycles. The molecule has 0 N–H and O–H groups in total. The van der Waals surface area contributed by atoms with Crippen molar-refractivity contribution in [1.82, 2.24) is 4.31 Å². The van der Waals surface area contributed by atoms with E-state index >= 15 is 0 Å². The van der Waals surface area contributed by atoms with Crippen molar-refractivity contribution in [2.45, 2.75) is 63.2 Å². The Morgan fingerprint density at radius 2 is 1.65 bits per heavy atom. The molecule has 17 heavy (non-hydrogen) atoms. The first kappa shape index (κ1) is 13.0. The van der Waals surface area contributed by atoms with Gasteiger partial charge in [0.1, 0.15) is 5.78 Å². The van der Waals surface area contributed by atoms with Crippen molar-refractivity contribution < 1.29 is 13.2 Å². The smallest absolute Gasteiger partial charge is 0.217 e. The van der Waals surface area contributed by atoms with Crippen molar-refractivity contribution in [2.24, 2.45) is 0 Å². The van der Waals surface area contributed by atoms with Crippen LogP contribution >= 0.6 is 0 Å². The zero-order valence-electron chi connectivity index (χ0n) is 10.4. The molecular weight excluding hydrogens is 238 g/mol. The van der Waals surface area contributed by atoms with E-state index in [0.717, 1.165) is 38.5 Å². The van der Waals surface area contributed by atoms with Gasteiger partial charge in [0.25, 0.3) is 0 Å². The molecule has 1 saturated carbocycles. The van der Waals surface area contributed by atoms with Crippen LogP contribution in [0.1, 0.15) is 51.9 Å². The Morgan fingerprint density at radius 1 is 1.06 bits per heavy atom. The Morgan fingerprint density at radius 3 is 2.24 bits per heavy atom. The zero-order chi connectivity index (χ0) is 12.5. The molecule has 98 valence electrons. The van der Waals surface area contributed by atoms with Gasteiger partial charge in [-0.1, -0.05) is 19.3 Å². The fraction of sp³-hybridized carbons (Fsp3) is 0.917. The van der Waals surface area contributed by atoms with Crippen LogP contribution in [0.4, 0.5) is 0 Å². The molecule has 1 heterocycles. The summed E-state index contributed by atoms with van der Waals surface area (Å²) in [6.45, 7) is 2.04. The van der Waals surface area contributed by atoms with Crippen LogP contribution in [0.25, 0.3) is 0 Å². The number of carbonyl (C=O) groups excluding carboxylic acids is 1. The molecule has 2 fully saturated rings. The fourth-order valence-corrected chi connectivity index (χ4v) is 5.30. The lowest BCUT2D eigenvalue weighted by molar-refractivity contribution is -0.121. The Balaban J connectivity index is 2.20. The van der Waals surface area contributed by atoms with Crippen LogP contribution in [-0.2, 0) is 14.8 Å². The van der Waals surface area contributed by atoms with E-state index in [0.29, 0.717) is 13.0 Å². The molecule has 1 saturated heterocycles. The Bertz CT molecular complexity index is 385. The average Bonchev–Trinajstić information content (AvgIpc) is 2.83. The van der Waals surface area contributed by atoms with Crippen molar-refractivity contribution >= 4 is 15.8 Å². The second-order valence-corrected chi connectivity index (χ2v) is 7.35. The quantitative estimate of drug-likeness (QED) is 0.775. The molecule has 0 radical (unpaired) electrons. The van der Waals surface area contributed by atoms with Crippen LogP contribution in [0.5, 0.6) is 0 Å². The molecule has 1 atom stereocenters. The van der Waals surface area contributed by atoms with E-state index < -0.39 is 16.1 Å². The van der Waals surface area contributed by atoms with E-state index in [-0.39, 0.29) is 11.0 Å². The fourth-order valence-electron chi connectivity index (χ4n) is 2.99. The predicted molar refractivity (Wildman–Crippen MR) is 66.2 cm³/mol. The summed E-state index contributed by atoms with van der Waals surface area (Å²) in [6.07, 6.45) is 6.08. The summed E-state index contributed by atoms with van der Waals surface area (Å²) in [6, 6.07) is -0.394. The van der Waals surface area contributed by atoms with Crippen molar-refractivity contribution in [3.05, 3.63) is 0 Å². The molecule has 1 unspecified atom stereocenters. The molecular formula is C12H21NO3S. The lowest BCUT2D eigenvalue weighted by Crippen LogP contribution is -2.50. The first-order valence-corrected chi connectivity index (χ1v) is 8.05. The molecule has 2 rings (SSSR count). The van der Waals surface area contributed by atoms with Crippen molar-refractivity contribution in [1.29, 1.82) is 0 Å².